The molecular formula is C12H11Cl2NO3S. The summed E-state index contributed by atoms with van der Waals surface area (Å²) in [6.45, 7) is 1.55. The van der Waals surface area contributed by atoms with Crippen LogP contribution in [0.25, 0.3) is 0 Å². The largest absolute Gasteiger partial charge is 0.466 e. The third-order valence-electron chi connectivity index (χ3n) is 2.55. The molecule has 2 aromatic heterocycles. The molecule has 0 fully saturated rings. The lowest BCUT2D eigenvalue weighted by Gasteiger charge is -2.21. The van der Waals surface area contributed by atoms with Gasteiger partial charge in [0.15, 0.2) is 0 Å². The summed E-state index contributed by atoms with van der Waals surface area (Å²) in [5.74, 6) is -0.0118. The van der Waals surface area contributed by atoms with Crippen LogP contribution in [0.5, 0.6) is 0 Å². The van der Waals surface area contributed by atoms with Crippen LogP contribution in [0.15, 0.2) is 28.9 Å². The molecule has 0 aliphatic rings. The maximum Gasteiger partial charge on any atom is 0.253 e. The van der Waals surface area contributed by atoms with Crippen molar-refractivity contribution in [1.82, 2.24) is 5.32 Å². The Labute approximate surface area is 123 Å². The topological polar surface area (TPSA) is 62.5 Å². The molecule has 0 aromatic carbocycles. The number of hydrogen-bond acceptors (Lipinski definition) is 4. The monoisotopic (exact) mass is 319 g/mol. The molecule has 4 nitrogen and oxygen atoms in total. The lowest BCUT2D eigenvalue weighted by molar-refractivity contribution is 0.0330. The number of rotatable bonds is 4. The molecule has 0 radical (unpaired) electrons. The Kier molecular flexibility index (Phi) is 4.20. The van der Waals surface area contributed by atoms with E-state index < -0.39 is 5.60 Å². The van der Waals surface area contributed by atoms with Crippen LogP contribution in [0.4, 0.5) is 0 Å². The molecule has 1 unspecified atom stereocenters. The summed E-state index contributed by atoms with van der Waals surface area (Å²) in [5.41, 5.74) is -0.988. The molecular weight excluding hydrogens is 309 g/mol. The van der Waals surface area contributed by atoms with Gasteiger partial charge in [0, 0.05) is 0 Å². The number of thiophene rings is 1. The zero-order valence-electron chi connectivity index (χ0n) is 9.94. The highest BCUT2D eigenvalue weighted by atomic mass is 35.5. The summed E-state index contributed by atoms with van der Waals surface area (Å²) < 4.78 is 5.88. The predicted molar refractivity (Wildman–Crippen MR) is 75.0 cm³/mol. The summed E-state index contributed by atoms with van der Waals surface area (Å²) in [6, 6.07) is 4.80. The van der Waals surface area contributed by atoms with Gasteiger partial charge in [-0.15, -0.1) is 11.3 Å². The zero-order valence-corrected chi connectivity index (χ0v) is 12.3. The van der Waals surface area contributed by atoms with Crippen molar-refractivity contribution < 1.29 is 14.3 Å². The molecule has 0 spiro atoms. The first-order valence-corrected chi connectivity index (χ1v) is 6.97. The van der Waals surface area contributed by atoms with Gasteiger partial charge in [-0.2, -0.15) is 0 Å². The minimum absolute atomic E-state index is 0.00312. The molecule has 2 N–H and O–H groups in total. The fraction of sp³-hybridized carbons (Fsp3) is 0.250. The molecule has 0 saturated heterocycles. The lowest BCUT2D eigenvalue weighted by Crippen LogP contribution is -2.38. The molecule has 0 aliphatic carbocycles. The van der Waals surface area contributed by atoms with Crippen molar-refractivity contribution in [2.45, 2.75) is 12.5 Å². The molecule has 2 rings (SSSR count). The van der Waals surface area contributed by atoms with E-state index in [1.165, 1.54) is 12.3 Å². The minimum atomic E-state index is -1.29. The summed E-state index contributed by atoms with van der Waals surface area (Å²) in [6.07, 6.45) is 1.46. The van der Waals surface area contributed by atoms with E-state index >= 15 is 0 Å². The first-order chi connectivity index (χ1) is 8.90. The fourth-order valence-corrected chi connectivity index (χ4v) is 2.97. The van der Waals surface area contributed by atoms with E-state index in [9.17, 15) is 9.90 Å². The first-order valence-electron chi connectivity index (χ1n) is 5.39. The van der Waals surface area contributed by atoms with Gasteiger partial charge in [0.05, 0.1) is 22.7 Å². The van der Waals surface area contributed by atoms with Crippen molar-refractivity contribution in [2.24, 2.45) is 0 Å². The number of carbonyl (C=O) groups is 1. The Hall–Kier alpha value is -1.01. The maximum atomic E-state index is 11.9. The summed E-state index contributed by atoms with van der Waals surface area (Å²) in [5, 5.41) is 12.8. The molecule has 1 amide bonds. The van der Waals surface area contributed by atoms with Gasteiger partial charge in [-0.05, 0) is 25.1 Å². The molecule has 1 atom stereocenters. The molecule has 0 bridgehead atoms. The predicted octanol–water partition coefficient (Wildman–Crippen LogP) is 3.29. The first kappa shape index (κ1) is 14.4. The number of hydrogen-bond donors (Lipinski definition) is 2. The standard InChI is InChI=1S/C12H11Cl2NO3S/c1-12(17,8-3-2-4-18-8)6-15-11(16)7-5-9(13)19-10(7)14/h2-5,17H,6H2,1H3,(H,15,16). The molecule has 102 valence electrons. The molecule has 19 heavy (non-hydrogen) atoms. The molecule has 2 heterocycles. The third-order valence-corrected chi connectivity index (χ3v) is 4.03. The Morgan fingerprint density at radius 2 is 2.32 bits per heavy atom. The van der Waals surface area contributed by atoms with E-state index in [2.05, 4.69) is 5.32 Å². The maximum absolute atomic E-state index is 11.9. The average molecular weight is 320 g/mol. The fourth-order valence-electron chi connectivity index (χ4n) is 1.51. The van der Waals surface area contributed by atoms with Crippen LogP contribution in [0.1, 0.15) is 23.0 Å². The van der Waals surface area contributed by atoms with E-state index in [0.29, 0.717) is 20.0 Å². The SMILES string of the molecule is CC(O)(CNC(=O)c1cc(Cl)sc1Cl)c1ccco1. The lowest BCUT2D eigenvalue weighted by atomic mass is 10.0. The van der Waals surface area contributed by atoms with E-state index in [4.69, 9.17) is 27.6 Å². The number of furan rings is 1. The van der Waals surface area contributed by atoms with Gasteiger partial charge < -0.3 is 14.8 Å². The smallest absolute Gasteiger partial charge is 0.253 e. The van der Waals surface area contributed by atoms with Crippen LogP contribution in [-0.4, -0.2) is 17.6 Å². The Balaban J connectivity index is 2.03. The van der Waals surface area contributed by atoms with Crippen LogP contribution >= 0.6 is 34.5 Å². The van der Waals surface area contributed by atoms with Gasteiger partial charge >= 0.3 is 0 Å². The number of amides is 1. The highest BCUT2D eigenvalue weighted by Gasteiger charge is 2.27. The summed E-state index contributed by atoms with van der Waals surface area (Å²) in [4.78, 5) is 11.9. The van der Waals surface area contributed by atoms with Gasteiger partial charge in [-0.1, -0.05) is 23.2 Å². The summed E-state index contributed by atoms with van der Waals surface area (Å²) >= 11 is 12.8. The number of aliphatic hydroxyl groups is 1. The van der Waals surface area contributed by atoms with Gasteiger partial charge in [0.2, 0.25) is 0 Å². The number of halogens is 2. The van der Waals surface area contributed by atoms with Crippen molar-refractivity contribution in [3.8, 4) is 0 Å². The van der Waals surface area contributed by atoms with Gasteiger partial charge in [-0.3, -0.25) is 4.79 Å². The van der Waals surface area contributed by atoms with Crippen molar-refractivity contribution in [1.29, 1.82) is 0 Å². The van der Waals surface area contributed by atoms with Crippen molar-refractivity contribution >= 4 is 40.4 Å². The van der Waals surface area contributed by atoms with E-state index in [0.717, 1.165) is 11.3 Å². The normalized spacial score (nSPS) is 14.1. The second kappa shape index (κ2) is 5.54. The van der Waals surface area contributed by atoms with Crippen LogP contribution in [0.2, 0.25) is 8.67 Å². The molecule has 0 saturated carbocycles. The highest BCUT2D eigenvalue weighted by molar-refractivity contribution is 7.20. The van der Waals surface area contributed by atoms with Gasteiger partial charge in [0.25, 0.3) is 5.91 Å². The third kappa shape index (κ3) is 3.30. The zero-order chi connectivity index (χ0) is 14.0. The average Bonchev–Trinajstić information content (AvgIpc) is 2.96. The van der Waals surface area contributed by atoms with Crippen LogP contribution < -0.4 is 5.32 Å². The van der Waals surface area contributed by atoms with Crippen LogP contribution in [-0.2, 0) is 5.60 Å². The van der Waals surface area contributed by atoms with Crippen LogP contribution in [0, 0.1) is 0 Å². The molecule has 7 heteroatoms. The number of carbonyl (C=O) groups excluding carboxylic acids is 1. The Bertz CT molecular complexity index is 578. The molecule has 2 aromatic rings. The quantitative estimate of drug-likeness (QED) is 0.909. The number of nitrogens with one attached hydrogen (secondary N) is 1. The molecule has 0 aliphatic heterocycles. The van der Waals surface area contributed by atoms with E-state index in [-0.39, 0.29) is 12.5 Å². The van der Waals surface area contributed by atoms with Gasteiger partial charge in [0.1, 0.15) is 15.7 Å². The van der Waals surface area contributed by atoms with Crippen LogP contribution in [0.3, 0.4) is 0 Å². The highest BCUT2D eigenvalue weighted by Crippen LogP contribution is 2.31. The van der Waals surface area contributed by atoms with Crippen molar-refractivity contribution in [3.63, 3.8) is 0 Å². The van der Waals surface area contributed by atoms with Crippen molar-refractivity contribution in [3.05, 3.63) is 44.5 Å². The second-order valence-corrected chi connectivity index (χ2v) is 6.46. The minimum Gasteiger partial charge on any atom is -0.466 e. The second-order valence-electron chi connectivity index (χ2n) is 4.17. The van der Waals surface area contributed by atoms with E-state index in [1.807, 2.05) is 0 Å². The van der Waals surface area contributed by atoms with E-state index in [1.54, 1.807) is 19.1 Å². The Morgan fingerprint density at radius 3 is 2.84 bits per heavy atom. The van der Waals surface area contributed by atoms with Gasteiger partial charge in [-0.25, -0.2) is 0 Å². The summed E-state index contributed by atoms with van der Waals surface area (Å²) in [7, 11) is 0. The van der Waals surface area contributed by atoms with Crippen molar-refractivity contribution in [2.75, 3.05) is 6.54 Å². The Morgan fingerprint density at radius 1 is 1.58 bits per heavy atom.